The van der Waals surface area contributed by atoms with E-state index in [1.807, 2.05) is 6.92 Å². The lowest BCUT2D eigenvalue weighted by Crippen LogP contribution is -2.53. The Morgan fingerprint density at radius 3 is 2.45 bits per heavy atom. The Morgan fingerprint density at radius 1 is 1.15 bits per heavy atom. The van der Waals surface area contributed by atoms with Gasteiger partial charge < -0.3 is 19.7 Å². The lowest BCUT2D eigenvalue weighted by molar-refractivity contribution is -0.137. The van der Waals surface area contributed by atoms with Crippen molar-refractivity contribution in [2.75, 3.05) is 26.0 Å². The van der Waals surface area contributed by atoms with Crippen molar-refractivity contribution in [3.8, 4) is 5.75 Å². The van der Waals surface area contributed by atoms with Crippen LogP contribution in [-0.4, -0.2) is 65.4 Å². The number of piperidine rings is 2. The number of aliphatic hydroxyl groups is 1. The quantitative estimate of drug-likeness (QED) is 0.422. The summed E-state index contributed by atoms with van der Waals surface area (Å²) in [6.07, 6.45) is -0.106. The fraction of sp³-hybridized carbons (Fsp3) is 0.519. The molecule has 0 saturated carbocycles. The molecule has 40 heavy (non-hydrogen) atoms. The van der Waals surface area contributed by atoms with Gasteiger partial charge >= 0.3 is 6.18 Å². The van der Waals surface area contributed by atoms with Gasteiger partial charge in [-0.3, -0.25) is 0 Å². The van der Waals surface area contributed by atoms with Crippen LogP contribution in [0.3, 0.4) is 0 Å². The molecule has 5 rings (SSSR count). The molecular formula is C27H32F4N4O4S. The van der Waals surface area contributed by atoms with Crippen LogP contribution in [0.2, 0.25) is 0 Å². The molecule has 2 aromatic carbocycles. The molecule has 0 unspecified atom stereocenters. The first kappa shape index (κ1) is 28.8. The number of nitrogens with zero attached hydrogens (tertiary/aromatic N) is 3. The van der Waals surface area contributed by atoms with Crippen LogP contribution < -0.4 is 10.1 Å². The Hall–Kier alpha value is -2.74. The highest BCUT2D eigenvalue weighted by Gasteiger charge is 2.40. The minimum Gasteiger partial charge on any atom is -0.492 e. The first-order chi connectivity index (χ1) is 18.7. The van der Waals surface area contributed by atoms with Crippen LogP contribution in [0.25, 0.3) is 11.0 Å². The van der Waals surface area contributed by atoms with E-state index in [1.54, 1.807) is 17.0 Å². The van der Waals surface area contributed by atoms with Gasteiger partial charge in [-0.1, -0.05) is 12.1 Å². The summed E-state index contributed by atoms with van der Waals surface area (Å²) in [5.41, 5.74) is -0.984. The molecule has 2 N–H and O–H groups in total. The van der Waals surface area contributed by atoms with Crippen molar-refractivity contribution in [2.45, 2.75) is 62.5 Å². The van der Waals surface area contributed by atoms with Gasteiger partial charge in [-0.2, -0.15) is 13.2 Å². The standard InChI is InChI=1S/C27H32F4N4O4S/c1-17-13-26(36,18-3-5-19(6-4-18)27(29,30)31)14-20(33-17)15-39-22-11-23(28)25-24(12-22)32-16-35(25)21-7-9-34(10-8-21)40(2,37)38/h3-6,11-12,16-17,20-21,33,36H,7-10,13-15H2,1-2H3/t17-,20-,26-/m0/s1. The van der Waals surface area contributed by atoms with Gasteiger partial charge in [0, 0.05) is 43.3 Å². The first-order valence-corrected chi connectivity index (χ1v) is 15.0. The SMILES string of the molecule is C[C@H]1C[C@@](O)(c2ccc(C(F)(F)F)cc2)C[C@@H](COc2cc(F)c3c(c2)ncn3C2CCN(S(C)(=O)=O)CC2)N1. The number of rotatable bonds is 6. The third kappa shape index (κ3) is 5.97. The summed E-state index contributed by atoms with van der Waals surface area (Å²) in [6, 6.07) is 6.91. The number of ether oxygens (including phenoxy) is 1. The number of imidazole rings is 1. The third-order valence-corrected chi connectivity index (χ3v) is 9.13. The van der Waals surface area contributed by atoms with E-state index in [-0.39, 0.29) is 36.9 Å². The summed E-state index contributed by atoms with van der Waals surface area (Å²) >= 11 is 0. The molecule has 13 heteroatoms. The summed E-state index contributed by atoms with van der Waals surface area (Å²) in [5, 5.41) is 14.7. The second-order valence-corrected chi connectivity index (χ2v) is 12.9. The second-order valence-electron chi connectivity index (χ2n) is 10.9. The summed E-state index contributed by atoms with van der Waals surface area (Å²) in [5.74, 6) is -0.248. The molecule has 3 heterocycles. The van der Waals surface area contributed by atoms with Gasteiger partial charge in [-0.05, 0) is 50.3 Å². The molecule has 3 aromatic rings. The van der Waals surface area contributed by atoms with E-state index in [9.17, 15) is 26.7 Å². The number of sulfonamides is 1. The van der Waals surface area contributed by atoms with E-state index in [2.05, 4.69) is 10.3 Å². The van der Waals surface area contributed by atoms with E-state index < -0.39 is 33.2 Å². The van der Waals surface area contributed by atoms with Gasteiger partial charge in [0.05, 0.1) is 29.3 Å². The number of nitrogens with one attached hydrogen (secondary N) is 1. The molecule has 1 aromatic heterocycles. The number of alkyl halides is 3. The summed E-state index contributed by atoms with van der Waals surface area (Å²) in [6.45, 7) is 2.69. The molecule has 2 fully saturated rings. The second kappa shape index (κ2) is 10.6. The van der Waals surface area contributed by atoms with Crippen molar-refractivity contribution < 1.29 is 35.8 Å². The molecule has 0 spiro atoms. The normalized spacial score (nSPS) is 25.4. The monoisotopic (exact) mass is 584 g/mol. The third-order valence-electron chi connectivity index (χ3n) is 7.83. The van der Waals surface area contributed by atoms with Gasteiger partial charge in [-0.25, -0.2) is 22.1 Å². The van der Waals surface area contributed by atoms with Crippen LogP contribution >= 0.6 is 0 Å². The molecule has 0 amide bonds. The van der Waals surface area contributed by atoms with Crippen molar-refractivity contribution in [1.82, 2.24) is 19.2 Å². The molecule has 8 nitrogen and oxygen atoms in total. The molecule has 2 aliphatic heterocycles. The summed E-state index contributed by atoms with van der Waals surface area (Å²) < 4.78 is 86.9. The van der Waals surface area contributed by atoms with Crippen LogP contribution in [0.4, 0.5) is 17.6 Å². The average molecular weight is 585 g/mol. The highest BCUT2D eigenvalue weighted by Crippen LogP contribution is 2.37. The van der Waals surface area contributed by atoms with Crippen molar-refractivity contribution >= 4 is 21.1 Å². The zero-order valence-corrected chi connectivity index (χ0v) is 23.0. The molecule has 0 aliphatic carbocycles. The minimum atomic E-state index is -4.46. The average Bonchev–Trinajstić information content (AvgIpc) is 3.31. The van der Waals surface area contributed by atoms with Gasteiger partial charge in [0.2, 0.25) is 10.0 Å². The number of fused-ring (bicyclic) bond motifs is 1. The molecule has 0 bridgehead atoms. The van der Waals surface area contributed by atoms with E-state index in [0.717, 1.165) is 12.1 Å². The first-order valence-electron chi connectivity index (χ1n) is 13.1. The largest absolute Gasteiger partial charge is 0.492 e. The van der Waals surface area contributed by atoms with E-state index in [0.29, 0.717) is 48.9 Å². The van der Waals surface area contributed by atoms with Crippen molar-refractivity contribution in [3.63, 3.8) is 0 Å². The predicted molar refractivity (Wildman–Crippen MR) is 141 cm³/mol. The number of hydrogen-bond donors (Lipinski definition) is 2. The Balaban J connectivity index is 1.27. The highest BCUT2D eigenvalue weighted by molar-refractivity contribution is 7.88. The van der Waals surface area contributed by atoms with Crippen molar-refractivity contribution in [2.24, 2.45) is 0 Å². The van der Waals surface area contributed by atoms with Gasteiger partial charge in [0.1, 0.15) is 17.9 Å². The zero-order chi connectivity index (χ0) is 28.9. The maximum atomic E-state index is 15.3. The molecular weight excluding hydrogens is 552 g/mol. The highest BCUT2D eigenvalue weighted by atomic mass is 32.2. The Kier molecular flexibility index (Phi) is 7.62. The topological polar surface area (TPSA) is 96.7 Å². The summed E-state index contributed by atoms with van der Waals surface area (Å²) in [7, 11) is -3.27. The van der Waals surface area contributed by atoms with Crippen molar-refractivity contribution in [1.29, 1.82) is 0 Å². The minimum absolute atomic E-state index is 0.0833. The lowest BCUT2D eigenvalue weighted by Gasteiger charge is -2.41. The molecule has 0 radical (unpaired) electrons. The van der Waals surface area contributed by atoms with E-state index in [4.69, 9.17) is 4.74 Å². The number of halogens is 4. The van der Waals surface area contributed by atoms with Crippen molar-refractivity contribution in [3.05, 3.63) is 59.7 Å². The Bertz CT molecular complexity index is 1470. The van der Waals surface area contributed by atoms with Crippen LogP contribution in [-0.2, 0) is 21.8 Å². The molecule has 218 valence electrons. The Labute approximate surface area is 230 Å². The number of benzene rings is 2. The van der Waals surface area contributed by atoms with Gasteiger partial charge in [0.25, 0.3) is 0 Å². The van der Waals surface area contributed by atoms with Gasteiger partial charge in [-0.15, -0.1) is 0 Å². The maximum absolute atomic E-state index is 15.3. The van der Waals surface area contributed by atoms with E-state index in [1.165, 1.54) is 28.8 Å². The van der Waals surface area contributed by atoms with Crippen LogP contribution in [0.15, 0.2) is 42.7 Å². The van der Waals surface area contributed by atoms with E-state index >= 15 is 4.39 Å². The number of hydrogen-bond acceptors (Lipinski definition) is 6. The zero-order valence-electron chi connectivity index (χ0n) is 22.2. The smallest absolute Gasteiger partial charge is 0.416 e. The van der Waals surface area contributed by atoms with Crippen LogP contribution in [0.1, 0.15) is 49.8 Å². The van der Waals surface area contributed by atoms with Crippen LogP contribution in [0.5, 0.6) is 5.75 Å². The molecule has 2 saturated heterocycles. The van der Waals surface area contributed by atoms with Gasteiger partial charge in [0.15, 0.2) is 5.82 Å². The molecule has 2 aliphatic rings. The van der Waals surface area contributed by atoms with Crippen LogP contribution in [0, 0.1) is 5.82 Å². The summed E-state index contributed by atoms with van der Waals surface area (Å²) in [4.78, 5) is 4.35. The fourth-order valence-corrected chi connectivity index (χ4v) is 6.81. The molecule has 3 atom stereocenters. The number of aromatic nitrogens is 2. The maximum Gasteiger partial charge on any atom is 0.416 e. The fourth-order valence-electron chi connectivity index (χ4n) is 5.94. The predicted octanol–water partition coefficient (Wildman–Crippen LogP) is 4.20. The lowest BCUT2D eigenvalue weighted by atomic mass is 9.79. The Morgan fingerprint density at radius 2 is 1.82 bits per heavy atom.